The van der Waals surface area contributed by atoms with E-state index < -0.39 is 0 Å². The number of likely N-dealkylation sites (tertiary alicyclic amines) is 1. The standard InChI is InChI=1S/C25H31N3O2/c1-19-8-7-9-23-24(19)22(25(29)27-23)18-26-20-10-12-21(13-11-20)30-17-6-5-16-28-14-3-2-4-15-28/h7-13,18,26H,2-6,14-17H2,1H3,(H,27,29). The summed E-state index contributed by atoms with van der Waals surface area (Å²) in [6.45, 7) is 6.49. The Morgan fingerprint density at radius 2 is 1.87 bits per heavy atom. The highest BCUT2D eigenvalue weighted by Gasteiger charge is 2.25. The maximum atomic E-state index is 12.3. The summed E-state index contributed by atoms with van der Waals surface area (Å²) in [5.41, 5.74) is 4.52. The number of hydrogen-bond donors (Lipinski definition) is 2. The highest BCUT2D eigenvalue weighted by molar-refractivity contribution is 6.32. The molecule has 2 heterocycles. The van der Waals surface area contributed by atoms with Crippen LogP contribution in [0, 0.1) is 6.92 Å². The molecule has 0 spiro atoms. The average Bonchev–Trinajstić information content (AvgIpc) is 3.10. The van der Waals surface area contributed by atoms with Crippen LogP contribution in [0.3, 0.4) is 0 Å². The molecule has 158 valence electrons. The Bertz CT molecular complexity index is 899. The fourth-order valence-electron chi connectivity index (χ4n) is 4.18. The molecule has 0 radical (unpaired) electrons. The van der Waals surface area contributed by atoms with E-state index in [0.29, 0.717) is 5.57 Å². The molecule has 1 fully saturated rings. The Hall–Kier alpha value is -2.79. The number of aryl methyl sites for hydroxylation is 1. The lowest BCUT2D eigenvalue weighted by atomic mass is 10.0. The average molecular weight is 406 g/mol. The van der Waals surface area contributed by atoms with Crippen LogP contribution in [0.2, 0.25) is 0 Å². The zero-order valence-electron chi connectivity index (χ0n) is 17.7. The summed E-state index contributed by atoms with van der Waals surface area (Å²) >= 11 is 0. The summed E-state index contributed by atoms with van der Waals surface area (Å²) in [6.07, 6.45) is 8.15. The van der Waals surface area contributed by atoms with E-state index >= 15 is 0 Å². The first-order chi connectivity index (χ1) is 14.7. The second kappa shape index (κ2) is 9.81. The van der Waals surface area contributed by atoms with E-state index in [4.69, 9.17) is 4.74 Å². The van der Waals surface area contributed by atoms with Gasteiger partial charge in [-0.1, -0.05) is 18.6 Å². The van der Waals surface area contributed by atoms with Crippen molar-refractivity contribution in [2.24, 2.45) is 0 Å². The van der Waals surface area contributed by atoms with Gasteiger partial charge >= 0.3 is 0 Å². The molecule has 0 atom stereocenters. The van der Waals surface area contributed by atoms with E-state index in [2.05, 4.69) is 15.5 Å². The Balaban J connectivity index is 1.24. The molecule has 0 aliphatic carbocycles. The molecule has 0 bridgehead atoms. The first kappa shape index (κ1) is 20.5. The number of carbonyl (C=O) groups excluding carboxylic acids is 1. The molecular weight excluding hydrogens is 374 g/mol. The van der Waals surface area contributed by atoms with E-state index in [1.165, 1.54) is 45.3 Å². The van der Waals surface area contributed by atoms with Crippen LogP contribution in [0.1, 0.15) is 43.2 Å². The fourth-order valence-corrected chi connectivity index (χ4v) is 4.18. The molecule has 0 saturated carbocycles. The van der Waals surface area contributed by atoms with Crippen molar-refractivity contribution in [3.8, 4) is 5.75 Å². The molecule has 2 aromatic carbocycles. The third kappa shape index (κ3) is 5.03. The number of ether oxygens (including phenoxy) is 1. The predicted octanol–water partition coefficient (Wildman–Crippen LogP) is 5.05. The molecule has 5 nitrogen and oxygen atoms in total. The Kier molecular flexibility index (Phi) is 6.70. The third-order valence-electron chi connectivity index (χ3n) is 5.86. The number of nitrogens with zero attached hydrogens (tertiary/aromatic N) is 1. The number of nitrogens with one attached hydrogen (secondary N) is 2. The van der Waals surface area contributed by atoms with Gasteiger partial charge in [0.2, 0.25) is 0 Å². The van der Waals surface area contributed by atoms with Crippen LogP contribution in [0.25, 0.3) is 5.57 Å². The van der Waals surface area contributed by atoms with Gasteiger partial charge in [0.15, 0.2) is 0 Å². The van der Waals surface area contributed by atoms with Crippen LogP contribution in [0.4, 0.5) is 11.4 Å². The molecule has 0 aromatic heterocycles. The van der Waals surface area contributed by atoms with Gasteiger partial charge < -0.3 is 20.3 Å². The van der Waals surface area contributed by atoms with Crippen molar-refractivity contribution in [1.82, 2.24) is 4.90 Å². The summed E-state index contributed by atoms with van der Waals surface area (Å²) in [6, 6.07) is 13.8. The molecule has 30 heavy (non-hydrogen) atoms. The second-order valence-corrected chi connectivity index (χ2v) is 8.14. The molecule has 0 unspecified atom stereocenters. The fraction of sp³-hybridized carbons (Fsp3) is 0.400. The van der Waals surface area contributed by atoms with Crippen molar-refractivity contribution in [2.75, 3.05) is 36.9 Å². The van der Waals surface area contributed by atoms with Gasteiger partial charge in [0.25, 0.3) is 5.91 Å². The zero-order chi connectivity index (χ0) is 20.8. The minimum atomic E-state index is -0.0729. The van der Waals surface area contributed by atoms with Crippen molar-refractivity contribution >= 4 is 22.9 Å². The van der Waals surface area contributed by atoms with E-state index in [9.17, 15) is 4.79 Å². The maximum absolute atomic E-state index is 12.3. The van der Waals surface area contributed by atoms with Crippen molar-refractivity contribution in [2.45, 2.75) is 39.0 Å². The number of unbranched alkanes of at least 4 members (excludes halogenated alkanes) is 1. The van der Waals surface area contributed by atoms with Gasteiger partial charge in [-0.3, -0.25) is 4.79 Å². The number of piperidine rings is 1. The molecule has 4 rings (SSSR count). The Morgan fingerprint density at radius 1 is 1.07 bits per heavy atom. The topological polar surface area (TPSA) is 53.6 Å². The first-order valence-corrected chi connectivity index (χ1v) is 11.0. The van der Waals surface area contributed by atoms with Crippen LogP contribution >= 0.6 is 0 Å². The second-order valence-electron chi connectivity index (χ2n) is 8.14. The lowest BCUT2D eigenvalue weighted by molar-refractivity contribution is -0.110. The first-order valence-electron chi connectivity index (χ1n) is 11.0. The Morgan fingerprint density at radius 3 is 2.67 bits per heavy atom. The normalized spacial score (nSPS) is 17.6. The van der Waals surface area contributed by atoms with E-state index in [1.807, 2.05) is 49.4 Å². The quantitative estimate of drug-likeness (QED) is 0.477. The van der Waals surface area contributed by atoms with E-state index in [1.54, 1.807) is 6.20 Å². The highest BCUT2D eigenvalue weighted by Crippen LogP contribution is 2.34. The van der Waals surface area contributed by atoms with Crippen LogP contribution in [0.5, 0.6) is 5.75 Å². The van der Waals surface area contributed by atoms with Crippen molar-refractivity contribution < 1.29 is 9.53 Å². The van der Waals surface area contributed by atoms with Gasteiger partial charge in [-0.25, -0.2) is 0 Å². The monoisotopic (exact) mass is 405 g/mol. The molecular formula is C25H31N3O2. The molecule has 2 N–H and O–H groups in total. The maximum Gasteiger partial charge on any atom is 0.257 e. The summed E-state index contributed by atoms with van der Waals surface area (Å²) in [4.78, 5) is 14.9. The number of benzene rings is 2. The molecule has 2 aromatic rings. The number of anilines is 2. The van der Waals surface area contributed by atoms with Crippen LogP contribution in [-0.4, -0.2) is 37.0 Å². The smallest absolute Gasteiger partial charge is 0.257 e. The zero-order valence-corrected chi connectivity index (χ0v) is 17.7. The van der Waals surface area contributed by atoms with Gasteiger partial charge in [-0.05, 0) is 88.1 Å². The molecule has 1 amide bonds. The van der Waals surface area contributed by atoms with Gasteiger partial charge in [0.05, 0.1) is 12.2 Å². The van der Waals surface area contributed by atoms with Crippen molar-refractivity contribution in [3.05, 3.63) is 59.8 Å². The number of hydrogen-bond acceptors (Lipinski definition) is 4. The summed E-state index contributed by atoms with van der Waals surface area (Å²) in [5.74, 6) is 0.808. The van der Waals surface area contributed by atoms with E-state index in [0.717, 1.165) is 41.3 Å². The summed E-state index contributed by atoms with van der Waals surface area (Å²) < 4.78 is 5.88. The Labute approximate surface area is 179 Å². The largest absolute Gasteiger partial charge is 0.494 e. The lowest BCUT2D eigenvalue weighted by Gasteiger charge is -2.26. The van der Waals surface area contributed by atoms with Crippen LogP contribution < -0.4 is 15.4 Å². The summed E-state index contributed by atoms with van der Waals surface area (Å²) in [7, 11) is 0. The van der Waals surface area contributed by atoms with E-state index in [-0.39, 0.29) is 5.91 Å². The molecule has 1 saturated heterocycles. The van der Waals surface area contributed by atoms with Crippen LogP contribution in [0.15, 0.2) is 48.7 Å². The van der Waals surface area contributed by atoms with Gasteiger partial charge in [0, 0.05) is 23.1 Å². The minimum absolute atomic E-state index is 0.0729. The van der Waals surface area contributed by atoms with Crippen molar-refractivity contribution in [3.63, 3.8) is 0 Å². The van der Waals surface area contributed by atoms with Gasteiger partial charge in [-0.2, -0.15) is 0 Å². The van der Waals surface area contributed by atoms with Gasteiger partial charge in [0.1, 0.15) is 5.75 Å². The number of rotatable bonds is 8. The molecule has 5 heteroatoms. The molecule has 2 aliphatic heterocycles. The van der Waals surface area contributed by atoms with Crippen molar-refractivity contribution in [1.29, 1.82) is 0 Å². The molecule has 2 aliphatic rings. The summed E-state index contributed by atoms with van der Waals surface area (Å²) in [5, 5.41) is 6.16. The highest BCUT2D eigenvalue weighted by atomic mass is 16.5. The predicted molar refractivity (Wildman–Crippen MR) is 123 cm³/mol. The number of amides is 1. The minimum Gasteiger partial charge on any atom is -0.494 e. The van der Waals surface area contributed by atoms with Gasteiger partial charge in [-0.15, -0.1) is 0 Å². The SMILES string of the molecule is Cc1cccc2c1C(=CNc1ccc(OCCCCN3CCCCC3)cc1)C(=O)N2. The lowest BCUT2D eigenvalue weighted by Crippen LogP contribution is -2.30. The third-order valence-corrected chi connectivity index (χ3v) is 5.86. The number of fused-ring (bicyclic) bond motifs is 1. The van der Waals surface area contributed by atoms with Crippen LogP contribution in [-0.2, 0) is 4.79 Å². The number of carbonyl (C=O) groups is 1.